The molecule has 0 spiro atoms. The molecule has 41 heavy (non-hydrogen) atoms. The first-order chi connectivity index (χ1) is 19.5. The molecule has 15 heteroatoms. The smallest absolute Gasteiger partial charge is 0.326 e. The summed E-state index contributed by atoms with van der Waals surface area (Å²) in [6, 6.07) is 1.85. The van der Waals surface area contributed by atoms with E-state index < -0.39 is 47.9 Å². The molecule has 3 rings (SSSR count). The van der Waals surface area contributed by atoms with Crippen LogP contribution in [0, 0.1) is 0 Å². The summed E-state index contributed by atoms with van der Waals surface area (Å²) in [6.07, 6.45) is 4.62. The van der Waals surface area contributed by atoms with Gasteiger partial charge < -0.3 is 47.9 Å². The normalized spacial score (nSPS) is 16.8. The molecule has 0 unspecified atom stereocenters. The first kappa shape index (κ1) is 30.9. The number of imidazole rings is 1. The Morgan fingerprint density at radius 2 is 1.85 bits per heavy atom. The lowest BCUT2D eigenvalue weighted by atomic mass is 10.0. The highest BCUT2D eigenvalue weighted by Crippen LogP contribution is 2.20. The number of carboxylic acids is 1. The van der Waals surface area contributed by atoms with E-state index in [1.807, 2.05) is 0 Å². The maximum Gasteiger partial charge on any atom is 0.326 e. The Morgan fingerprint density at radius 3 is 2.49 bits per heavy atom. The summed E-state index contributed by atoms with van der Waals surface area (Å²) in [6.45, 7) is 0.557. The van der Waals surface area contributed by atoms with Crippen molar-refractivity contribution in [3.63, 3.8) is 0 Å². The van der Waals surface area contributed by atoms with Gasteiger partial charge in [0.05, 0.1) is 12.4 Å². The lowest BCUT2D eigenvalue weighted by Gasteiger charge is -2.30. The average Bonchev–Trinajstić information content (AvgIpc) is 3.63. The summed E-state index contributed by atoms with van der Waals surface area (Å²) in [5, 5.41) is 24.4. The molecule has 3 amide bonds. The maximum absolute atomic E-state index is 13.7. The Balaban J connectivity index is 1.69. The number of aliphatic imine (C=N–C) groups is 1. The molecule has 0 bridgehead atoms. The molecule has 15 nitrogen and oxygen atoms in total. The molecule has 4 atom stereocenters. The van der Waals surface area contributed by atoms with Gasteiger partial charge >= 0.3 is 5.97 Å². The van der Waals surface area contributed by atoms with Gasteiger partial charge in [0.15, 0.2) is 5.96 Å². The second kappa shape index (κ2) is 14.6. The maximum atomic E-state index is 13.7. The molecule has 222 valence electrons. The fourth-order valence-electron chi connectivity index (χ4n) is 4.58. The van der Waals surface area contributed by atoms with Gasteiger partial charge in [0.25, 0.3) is 0 Å². The molecule has 2 heterocycles. The van der Waals surface area contributed by atoms with Gasteiger partial charge in [0.2, 0.25) is 17.7 Å². The van der Waals surface area contributed by atoms with E-state index in [9.17, 15) is 29.4 Å². The summed E-state index contributed by atoms with van der Waals surface area (Å²) in [4.78, 5) is 63.8. The zero-order chi connectivity index (χ0) is 29.9. The van der Waals surface area contributed by atoms with Crippen molar-refractivity contribution in [2.75, 3.05) is 13.1 Å². The van der Waals surface area contributed by atoms with E-state index in [2.05, 4.69) is 25.6 Å². The standard InChI is InChI=1S/C26H37N9O6/c27-18(3-1-9-31-26(28)29)22(37)33-19(12-16-13-30-14-32-16)24(39)35-10-2-4-21(35)23(38)34-20(25(40)41)11-15-5-7-17(36)8-6-15/h5-8,13-14,18-21,36H,1-4,9-12,27H2,(H,30,32)(H,33,37)(H,34,38)(H,40,41)(H4,28,29,31)/t18-,19+,20-,21-/m1/s1. The molecule has 1 aliphatic rings. The number of nitrogens with one attached hydrogen (secondary N) is 3. The summed E-state index contributed by atoms with van der Waals surface area (Å²) >= 11 is 0. The van der Waals surface area contributed by atoms with Crippen molar-refractivity contribution in [3.05, 3.63) is 48.0 Å². The molecule has 1 saturated heterocycles. The quantitative estimate of drug-likeness (QED) is 0.0726. The molecule has 0 aliphatic carbocycles. The summed E-state index contributed by atoms with van der Waals surface area (Å²) in [5.74, 6) is -2.91. The Bertz CT molecular complexity index is 1210. The molecule has 0 saturated carbocycles. The topological polar surface area (TPSA) is 255 Å². The van der Waals surface area contributed by atoms with Gasteiger partial charge in [-0.2, -0.15) is 0 Å². The highest BCUT2D eigenvalue weighted by molar-refractivity contribution is 5.94. The lowest BCUT2D eigenvalue weighted by molar-refractivity contribution is -0.144. The first-order valence-electron chi connectivity index (χ1n) is 13.2. The minimum absolute atomic E-state index is 0.0123. The predicted molar refractivity (Wildman–Crippen MR) is 148 cm³/mol. The number of H-pyrrole nitrogens is 1. The number of aromatic nitrogens is 2. The third-order valence-corrected chi connectivity index (χ3v) is 6.73. The number of hydrogen-bond acceptors (Lipinski definition) is 8. The molecule has 1 fully saturated rings. The minimum Gasteiger partial charge on any atom is -0.508 e. The van der Waals surface area contributed by atoms with Gasteiger partial charge in [-0.25, -0.2) is 9.78 Å². The molecule has 2 aromatic rings. The van der Waals surface area contributed by atoms with Gasteiger partial charge in [0.1, 0.15) is 23.9 Å². The number of carbonyl (C=O) groups is 4. The monoisotopic (exact) mass is 571 g/mol. The molecule has 0 radical (unpaired) electrons. The number of hydrogen-bond donors (Lipinski definition) is 8. The number of aromatic amines is 1. The zero-order valence-corrected chi connectivity index (χ0v) is 22.5. The highest BCUT2D eigenvalue weighted by atomic mass is 16.4. The largest absolute Gasteiger partial charge is 0.508 e. The first-order valence-corrected chi connectivity index (χ1v) is 13.2. The number of aliphatic carboxylic acids is 1. The van der Waals surface area contributed by atoms with Crippen molar-refractivity contribution in [1.29, 1.82) is 0 Å². The lowest BCUT2D eigenvalue weighted by Crippen LogP contribution is -2.57. The summed E-state index contributed by atoms with van der Waals surface area (Å²) in [7, 11) is 0. The van der Waals surface area contributed by atoms with E-state index in [0.29, 0.717) is 37.1 Å². The Kier molecular flexibility index (Phi) is 11.0. The average molecular weight is 572 g/mol. The number of benzene rings is 1. The van der Waals surface area contributed by atoms with Crippen LogP contribution in [0.1, 0.15) is 36.9 Å². The van der Waals surface area contributed by atoms with Crippen molar-refractivity contribution in [1.82, 2.24) is 25.5 Å². The summed E-state index contributed by atoms with van der Waals surface area (Å²) < 4.78 is 0. The van der Waals surface area contributed by atoms with Gasteiger partial charge in [-0.15, -0.1) is 0 Å². The van der Waals surface area contributed by atoms with Crippen LogP contribution in [0.4, 0.5) is 0 Å². The van der Waals surface area contributed by atoms with Crippen molar-refractivity contribution in [2.45, 2.75) is 62.7 Å². The van der Waals surface area contributed by atoms with E-state index in [4.69, 9.17) is 17.2 Å². The number of likely N-dealkylation sites (tertiary alicyclic amines) is 1. The second-order valence-electron chi connectivity index (χ2n) is 9.86. The number of phenolic OH excluding ortho intramolecular Hbond substituents is 1. The number of rotatable bonds is 14. The highest BCUT2D eigenvalue weighted by Gasteiger charge is 2.39. The van der Waals surface area contributed by atoms with E-state index in [-0.39, 0.29) is 37.5 Å². The Morgan fingerprint density at radius 1 is 1.12 bits per heavy atom. The van der Waals surface area contributed by atoms with E-state index in [1.54, 1.807) is 12.1 Å². The van der Waals surface area contributed by atoms with Crippen LogP contribution < -0.4 is 27.8 Å². The second-order valence-corrected chi connectivity index (χ2v) is 9.86. The van der Waals surface area contributed by atoms with Gasteiger partial charge in [-0.1, -0.05) is 12.1 Å². The molecule has 1 aromatic heterocycles. The van der Waals surface area contributed by atoms with Crippen molar-refractivity contribution < 1.29 is 29.4 Å². The number of carbonyl (C=O) groups excluding carboxylic acids is 3. The number of nitrogens with two attached hydrogens (primary N) is 3. The van der Waals surface area contributed by atoms with Crippen LogP contribution >= 0.6 is 0 Å². The molecule has 11 N–H and O–H groups in total. The van der Waals surface area contributed by atoms with Crippen molar-refractivity contribution >= 4 is 29.7 Å². The van der Waals surface area contributed by atoms with Crippen LogP contribution in [-0.4, -0.2) is 92.0 Å². The SMILES string of the molecule is NC(N)=NCCC[C@@H](N)C(=O)N[C@@H](Cc1cnc[nH]1)C(=O)N1CCC[C@@H]1C(=O)N[C@H](Cc1ccc(O)cc1)C(=O)O. The van der Waals surface area contributed by atoms with Crippen LogP contribution in [0.25, 0.3) is 0 Å². The Hall–Kier alpha value is -4.66. The van der Waals surface area contributed by atoms with Crippen LogP contribution in [0.3, 0.4) is 0 Å². The number of nitrogens with zero attached hydrogens (tertiary/aromatic N) is 3. The van der Waals surface area contributed by atoms with Crippen molar-refractivity contribution in [3.8, 4) is 5.75 Å². The third kappa shape index (κ3) is 9.20. The van der Waals surface area contributed by atoms with Crippen LogP contribution in [0.2, 0.25) is 0 Å². The fraction of sp³-hybridized carbons (Fsp3) is 0.462. The number of guanidine groups is 1. The Labute approximate surface area is 236 Å². The van der Waals surface area contributed by atoms with Crippen LogP contribution in [-0.2, 0) is 32.0 Å². The van der Waals surface area contributed by atoms with E-state index in [1.165, 1.54) is 29.6 Å². The number of aromatic hydroxyl groups is 1. The molecular weight excluding hydrogens is 534 g/mol. The van der Waals surface area contributed by atoms with Crippen molar-refractivity contribution in [2.24, 2.45) is 22.2 Å². The fourth-order valence-corrected chi connectivity index (χ4v) is 4.58. The van der Waals surface area contributed by atoms with Crippen LogP contribution in [0.15, 0.2) is 41.8 Å². The zero-order valence-electron chi connectivity index (χ0n) is 22.5. The van der Waals surface area contributed by atoms with Gasteiger partial charge in [-0.3, -0.25) is 19.4 Å². The minimum atomic E-state index is -1.25. The third-order valence-electron chi connectivity index (χ3n) is 6.73. The predicted octanol–water partition coefficient (Wildman–Crippen LogP) is -1.67. The summed E-state index contributed by atoms with van der Waals surface area (Å²) in [5.41, 5.74) is 17.8. The number of phenols is 1. The number of amides is 3. The molecular formula is C26H37N9O6. The van der Waals surface area contributed by atoms with E-state index in [0.717, 1.165) is 0 Å². The molecule has 1 aliphatic heterocycles. The van der Waals surface area contributed by atoms with E-state index >= 15 is 0 Å². The van der Waals surface area contributed by atoms with Gasteiger partial charge in [0, 0.05) is 37.8 Å². The van der Waals surface area contributed by atoms with Crippen LogP contribution in [0.5, 0.6) is 5.75 Å². The molecule has 1 aromatic carbocycles. The number of carboxylic acid groups (broad SMARTS) is 1. The van der Waals surface area contributed by atoms with Gasteiger partial charge in [-0.05, 0) is 43.4 Å².